The number of nitrogens with zero attached hydrogens (tertiary/aromatic N) is 1. The minimum absolute atomic E-state index is 0.365. The van der Waals surface area contributed by atoms with Crippen LogP contribution < -0.4 is 5.73 Å². The highest BCUT2D eigenvalue weighted by Gasteiger charge is 2.24. The summed E-state index contributed by atoms with van der Waals surface area (Å²) in [5.74, 6) is 0. The summed E-state index contributed by atoms with van der Waals surface area (Å²) in [5.41, 5.74) is 4.85. The van der Waals surface area contributed by atoms with Crippen LogP contribution in [0.25, 0.3) is 0 Å². The molecule has 3 unspecified atom stereocenters. The van der Waals surface area contributed by atoms with Crippen LogP contribution in [0.2, 0.25) is 0 Å². The predicted molar refractivity (Wildman–Crippen MR) is 73.0 cm³/mol. The number of likely N-dealkylation sites (tertiary alicyclic amines) is 1. The lowest BCUT2D eigenvalue weighted by atomic mass is 9.96. The number of rotatable bonds is 6. The fourth-order valence-corrected chi connectivity index (χ4v) is 2.82. The lowest BCUT2D eigenvalue weighted by Gasteiger charge is -2.39. The lowest BCUT2D eigenvalue weighted by molar-refractivity contribution is 0.0530. The monoisotopic (exact) mass is 242 g/mol. The van der Waals surface area contributed by atoms with Crippen molar-refractivity contribution in [2.75, 3.05) is 13.1 Å². The molecule has 0 radical (unpaired) electrons. The molecule has 3 N–H and O–H groups in total. The molecule has 1 fully saturated rings. The summed E-state index contributed by atoms with van der Waals surface area (Å²) in [6.07, 6.45) is 7.11. The summed E-state index contributed by atoms with van der Waals surface area (Å²) in [5, 5.41) is 9.83. The number of hydrogen-bond donors (Lipinski definition) is 2. The molecule has 1 aliphatic rings. The molecular weight excluding hydrogens is 212 g/mol. The smallest absolute Gasteiger partial charge is 0.0741 e. The maximum Gasteiger partial charge on any atom is 0.0741 e. The third-order valence-electron chi connectivity index (χ3n) is 4.20. The van der Waals surface area contributed by atoms with E-state index >= 15 is 0 Å². The topological polar surface area (TPSA) is 49.5 Å². The maximum absolute atomic E-state index is 9.83. The van der Waals surface area contributed by atoms with Gasteiger partial charge in [0.2, 0.25) is 0 Å². The molecule has 0 aromatic rings. The zero-order valence-corrected chi connectivity index (χ0v) is 11.8. The van der Waals surface area contributed by atoms with E-state index in [1.807, 2.05) is 6.92 Å². The van der Waals surface area contributed by atoms with Crippen molar-refractivity contribution < 1.29 is 5.11 Å². The molecular formula is C14H30N2O. The zero-order valence-electron chi connectivity index (χ0n) is 11.8. The second-order valence-electron chi connectivity index (χ2n) is 6.02. The number of unbranched alkanes of at least 4 members (excludes halogenated alkanes) is 1. The van der Waals surface area contributed by atoms with Crippen LogP contribution in [0.15, 0.2) is 0 Å². The fourth-order valence-electron chi connectivity index (χ4n) is 2.82. The van der Waals surface area contributed by atoms with Gasteiger partial charge in [-0.3, -0.25) is 4.90 Å². The van der Waals surface area contributed by atoms with Gasteiger partial charge in [0.05, 0.1) is 5.60 Å². The molecule has 102 valence electrons. The van der Waals surface area contributed by atoms with Gasteiger partial charge in [0, 0.05) is 18.6 Å². The molecule has 17 heavy (non-hydrogen) atoms. The SMILES string of the molecule is CC1CCCC(C)N1CCCCC(C)(O)CN. The summed E-state index contributed by atoms with van der Waals surface area (Å²) in [6, 6.07) is 1.46. The molecule has 0 amide bonds. The fraction of sp³-hybridized carbons (Fsp3) is 1.00. The van der Waals surface area contributed by atoms with E-state index in [9.17, 15) is 5.11 Å². The van der Waals surface area contributed by atoms with Gasteiger partial charge in [-0.2, -0.15) is 0 Å². The average molecular weight is 242 g/mol. The largest absolute Gasteiger partial charge is 0.389 e. The first-order valence-electron chi connectivity index (χ1n) is 7.14. The highest BCUT2D eigenvalue weighted by atomic mass is 16.3. The van der Waals surface area contributed by atoms with Gasteiger partial charge in [-0.1, -0.05) is 6.42 Å². The Morgan fingerprint density at radius 2 is 1.82 bits per heavy atom. The van der Waals surface area contributed by atoms with Gasteiger partial charge in [0.15, 0.2) is 0 Å². The van der Waals surface area contributed by atoms with Crippen LogP contribution in [0.1, 0.15) is 59.3 Å². The maximum atomic E-state index is 9.83. The highest BCUT2D eigenvalue weighted by molar-refractivity contribution is 4.80. The van der Waals surface area contributed by atoms with Gasteiger partial charge >= 0.3 is 0 Å². The molecule has 0 bridgehead atoms. The lowest BCUT2D eigenvalue weighted by Crippen LogP contribution is -2.44. The van der Waals surface area contributed by atoms with E-state index in [0.29, 0.717) is 6.54 Å². The Hall–Kier alpha value is -0.120. The van der Waals surface area contributed by atoms with Crippen LogP contribution in [0.4, 0.5) is 0 Å². The van der Waals surface area contributed by atoms with Gasteiger partial charge in [-0.15, -0.1) is 0 Å². The third-order valence-corrected chi connectivity index (χ3v) is 4.20. The first kappa shape index (κ1) is 14.9. The average Bonchev–Trinajstić information content (AvgIpc) is 2.27. The molecule has 0 aromatic heterocycles. The Bertz CT molecular complexity index is 208. The summed E-state index contributed by atoms with van der Waals surface area (Å²) < 4.78 is 0. The van der Waals surface area contributed by atoms with Gasteiger partial charge in [-0.25, -0.2) is 0 Å². The number of piperidine rings is 1. The van der Waals surface area contributed by atoms with E-state index in [1.165, 1.54) is 32.2 Å². The van der Waals surface area contributed by atoms with Crippen molar-refractivity contribution in [1.82, 2.24) is 4.90 Å². The van der Waals surface area contributed by atoms with Crippen LogP contribution in [-0.4, -0.2) is 40.8 Å². The van der Waals surface area contributed by atoms with Crippen molar-refractivity contribution in [1.29, 1.82) is 0 Å². The third kappa shape index (κ3) is 4.94. The van der Waals surface area contributed by atoms with E-state index in [1.54, 1.807) is 0 Å². The van der Waals surface area contributed by atoms with Crippen molar-refractivity contribution in [2.45, 2.75) is 77.0 Å². The second-order valence-corrected chi connectivity index (χ2v) is 6.02. The zero-order chi connectivity index (χ0) is 12.9. The molecule has 0 saturated carbocycles. The first-order valence-corrected chi connectivity index (χ1v) is 7.14. The van der Waals surface area contributed by atoms with Gasteiger partial charge in [0.25, 0.3) is 0 Å². The first-order chi connectivity index (χ1) is 7.96. The van der Waals surface area contributed by atoms with E-state index in [-0.39, 0.29) is 0 Å². The van der Waals surface area contributed by atoms with Crippen molar-refractivity contribution in [3.63, 3.8) is 0 Å². The van der Waals surface area contributed by atoms with Gasteiger partial charge < -0.3 is 10.8 Å². The molecule has 0 aromatic carbocycles. The van der Waals surface area contributed by atoms with Crippen LogP contribution in [0.3, 0.4) is 0 Å². The Balaban J connectivity index is 2.21. The molecule has 1 aliphatic heterocycles. The van der Waals surface area contributed by atoms with Gasteiger partial charge in [-0.05, 0) is 59.4 Å². The minimum atomic E-state index is -0.668. The standard InChI is InChI=1S/C14H30N2O/c1-12-7-6-8-13(2)16(12)10-5-4-9-14(3,17)11-15/h12-13,17H,4-11,15H2,1-3H3. The molecule has 1 saturated heterocycles. The van der Waals surface area contributed by atoms with Crippen LogP contribution in [-0.2, 0) is 0 Å². The second kappa shape index (κ2) is 6.72. The summed E-state index contributed by atoms with van der Waals surface area (Å²) >= 11 is 0. The highest BCUT2D eigenvalue weighted by Crippen LogP contribution is 2.23. The minimum Gasteiger partial charge on any atom is -0.389 e. The van der Waals surface area contributed by atoms with Crippen LogP contribution in [0.5, 0.6) is 0 Å². The molecule has 3 atom stereocenters. The summed E-state index contributed by atoms with van der Waals surface area (Å²) in [6.45, 7) is 8.04. The van der Waals surface area contributed by atoms with Crippen molar-refractivity contribution in [3.8, 4) is 0 Å². The van der Waals surface area contributed by atoms with Crippen LogP contribution >= 0.6 is 0 Å². The van der Waals surface area contributed by atoms with Crippen molar-refractivity contribution in [2.24, 2.45) is 5.73 Å². The Labute approximate surface area is 106 Å². The molecule has 0 spiro atoms. The molecule has 3 heteroatoms. The molecule has 0 aliphatic carbocycles. The van der Waals surface area contributed by atoms with Crippen molar-refractivity contribution in [3.05, 3.63) is 0 Å². The Morgan fingerprint density at radius 3 is 2.35 bits per heavy atom. The molecule has 3 nitrogen and oxygen atoms in total. The van der Waals surface area contributed by atoms with Crippen molar-refractivity contribution >= 4 is 0 Å². The summed E-state index contributed by atoms with van der Waals surface area (Å²) in [4.78, 5) is 2.63. The predicted octanol–water partition coefficient (Wildman–Crippen LogP) is 2.13. The van der Waals surface area contributed by atoms with E-state index in [2.05, 4.69) is 18.7 Å². The number of nitrogens with two attached hydrogens (primary N) is 1. The Kier molecular flexibility index (Phi) is 5.90. The molecule has 1 heterocycles. The van der Waals surface area contributed by atoms with E-state index < -0.39 is 5.60 Å². The normalized spacial score (nSPS) is 30.2. The summed E-state index contributed by atoms with van der Waals surface area (Å²) in [7, 11) is 0. The molecule has 1 rings (SSSR count). The Morgan fingerprint density at radius 1 is 1.24 bits per heavy atom. The van der Waals surface area contributed by atoms with Gasteiger partial charge in [0.1, 0.15) is 0 Å². The van der Waals surface area contributed by atoms with E-state index in [4.69, 9.17) is 5.73 Å². The number of hydrogen-bond acceptors (Lipinski definition) is 3. The quantitative estimate of drug-likeness (QED) is 0.702. The van der Waals surface area contributed by atoms with Crippen LogP contribution in [0, 0.1) is 0 Å². The van der Waals surface area contributed by atoms with E-state index in [0.717, 1.165) is 24.9 Å². The number of aliphatic hydroxyl groups is 1.